The summed E-state index contributed by atoms with van der Waals surface area (Å²) in [5, 5.41) is 5.98. The lowest BCUT2D eigenvalue weighted by molar-refractivity contribution is -0.131. The number of carbonyl (C=O) groups is 3. The monoisotopic (exact) mass is 481 g/mol. The van der Waals surface area contributed by atoms with E-state index < -0.39 is 5.91 Å². The van der Waals surface area contributed by atoms with Gasteiger partial charge in [0.2, 0.25) is 11.8 Å². The molecule has 0 saturated heterocycles. The highest BCUT2D eigenvalue weighted by Crippen LogP contribution is 2.25. The first kappa shape index (κ1) is 27.3. The molecule has 1 aromatic carbocycles. The maximum atomic E-state index is 12.1. The van der Waals surface area contributed by atoms with Gasteiger partial charge >= 0.3 is 0 Å². The third-order valence-electron chi connectivity index (χ3n) is 5.48. The van der Waals surface area contributed by atoms with Gasteiger partial charge in [-0.2, -0.15) is 0 Å². The molecule has 1 heterocycles. The van der Waals surface area contributed by atoms with Crippen LogP contribution in [0.2, 0.25) is 0 Å². The zero-order chi connectivity index (χ0) is 26.1. The maximum absolute atomic E-state index is 12.1. The highest BCUT2D eigenvalue weighted by molar-refractivity contribution is 5.96. The highest BCUT2D eigenvalue weighted by atomic mass is 16.2. The molecule has 0 radical (unpaired) electrons. The van der Waals surface area contributed by atoms with Crippen molar-refractivity contribution in [1.29, 1.82) is 0 Å². The van der Waals surface area contributed by atoms with E-state index in [0.29, 0.717) is 36.6 Å². The number of aromatic nitrogens is 2. The van der Waals surface area contributed by atoms with Gasteiger partial charge in [-0.15, -0.1) is 0 Å². The van der Waals surface area contributed by atoms with Crippen molar-refractivity contribution in [3.05, 3.63) is 53.9 Å². The van der Waals surface area contributed by atoms with Gasteiger partial charge in [-0.05, 0) is 50.5 Å². The van der Waals surface area contributed by atoms with Crippen molar-refractivity contribution >= 4 is 35.0 Å². The lowest BCUT2D eigenvalue weighted by Gasteiger charge is -2.25. The van der Waals surface area contributed by atoms with Gasteiger partial charge in [0, 0.05) is 32.4 Å². The van der Waals surface area contributed by atoms with Crippen LogP contribution in [0.25, 0.3) is 0 Å². The molecule has 0 aliphatic rings. The first-order valence-corrected chi connectivity index (χ1v) is 11.5. The minimum atomic E-state index is -0.660. The number of benzene rings is 1. The Labute approximate surface area is 206 Å². The fourth-order valence-corrected chi connectivity index (χ4v) is 3.28. The van der Waals surface area contributed by atoms with E-state index in [9.17, 15) is 14.4 Å². The molecule has 4 N–H and O–H groups in total. The average Bonchev–Trinajstić information content (AvgIpc) is 2.82. The standard InChI is InChI=1S/C25H35N7O3/c1-7-19-25(32(6)16(3)4)30-24(22(29-19)23(26)35)28-18-11-9-10-17(14-18)12-13-27-20(33)15-31(5)21(34)8-2/h8-11,14,16H,2,7,12-13,15H2,1,3-6H3,(H2,26,35)(H,27,33)(H,28,30). The first-order valence-electron chi connectivity index (χ1n) is 11.5. The van der Waals surface area contributed by atoms with E-state index in [1.54, 1.807) is 7.05 Å². The number of anilines is 3. The summed E-state index contributed by atoms with van der Waals surface area (Å²) in [5.74, 6) is -0.248. The number of primary amides is 1. The molecule has 2 rings (SSSR count). The van der Waals surface area contributed by atoms with Crippen molar-refractivity contribution in [2.45, 2.75) is 39.7 Å². The Hall–Kier alpha value is -3.95. The molecular formula is C25H35N7O3. The number of aryl methyl sites for hydroxylation is 1. The number of carbonyl (C=O) groups excluding carboxylic acids is 3. The van der Waals surface area contributed by atoms with Crippen LogP contribution in [0.15, 0.2) is 36.9 Å². The minimum absolute atomic E-state index is 0.0398. The molecule has 1 aromatic heterocycles. The third kappa shape index (κ3) is 7.53. The van der Waals surface area contributed by atoms with Crippen LogP contribution in [-0.2, 0) is 22.4 Å². The van der Waals surface area contributed by atoms with Crippen LogP contribution < -0.4 is 21.3 Å². The third-order valence-corrected chi connectivity index (χ3v) is 5.48. The number of hydrogen-bond acceptors (Lipinski definition) is 7. The SMILES string of the molecule is C=CC(=O)N(C)CC(=O)NCCc1cccc(Nc2nc(N(C)C(C)C)c(CC)nc2C(N)=O)c1. The lowest BCUT2D eigenvalue weighted by atomic mass is 10.1. The second-order valence-electron chi connectivity index (χ2n) is 8.44. The fraction of sp³-hybridized carbons (Fsp3) is 0.400. The van der Waals surface area contributed by atoms with Crippen LogP contribution in [0, 0.1) is 0 Å². The molecule has 10 nitrogen and oxygen atoms in total. The van der Waals surface area contributed by atoms with Crippen molar-refractivity contribution in [1.82, 2.24) is 20.2 Å². The summed E-state index contributed by atoms with van der Waals surface area (Å²) in [6.07, 6.45) is 2.35. The highest BCUT2D eigenvalue weighted by Gasteiger charge is 2.20. The number of nitrogens with zero attached hydrogens (tertiary/aromatic N) is 4. The summed E-state index contributed by atoms with van der Waals surface area (Å²) >= 11 is 0. The van der Waals surface area contributed by atoms with Crippen LogP contribution in [0.4, 0.5) is 17.3 Å². The molecular weight excluding hydrogens is 446 g/mol. The Morgan fingerprint density at radius 1 is 1.20 bits per heavy atom. The van der Waals surface area contributed by atoms with Gasteiger partial charge in [-0.25, -0.2) is 9.97 Å². The van der Waals surface area contributed by atoms with E-state index in [-0.39, 0.29) is 35.9 Å². The Balaban J connectivity index is 2.16. The quantitative estimate of drug-likeness (QED) is 0.395. The summed E-state index contributed by atoms with van der Waals surface area (Å²) in [5.41, 5.74) is 8.05. The summed E-state index contributed by atoms with van der Waals surface area (Å²) in [7, 11) is 3.47. The Bertz CT molecular complexity index is 1080. The molecule has 0 atom stereocenters. The number of amides is 3. The number of nitrogens with two attached hydrogens (primary N) is 1. The van der Waals surface area contributed by atoms with E-state index in [2.05, 4.69) is 22.2 Å². The van der Waals surface area contributed by atoms with Crippen molar-refractivity contribution in [3.8, 4) is 0 Å². The van der Waals surface area contributed by atoms with Crippen molar-refractivity contribution in [2.24, 2.45) is 5.73 Å². The second-order valence-corrected chi connectivity index (χ2v) is 8.44. The zero-order valence-electron chi connectivity index (χ0n) is 21.1. The summed E-state index contributed by atoms with van der Waals surface area (Å²) in [6.45, 7) is 9.82. The van der Waals surface area contributed by atoms with Gasteiger partial charge in [-0.3, -0.25) is 14.4 Å². The summed E-state index contributed by atoms with van der Waals surface area (Å²) in [6, 6.07) is 7.75. The number of likely N-dealkylation sites (N-methyl/N-ethyl adjacent to an activating group) is 1. The summed E-state index contributed by atoms with van der Waals surface area (Å²) in [4.78, 5) is 48.1. The molecule has 35 heavy (non-hydrogen) atoms. The van der Waals surface area contributed by atoms with Crippen LogP contribution >= 0.6 is 0 Å². The molecule has 0 bridgehead atoms. The largest absolute Gasteiger partial charge is 0.364 e. The predicted octanol–water partition coefficient (Wildman–Crippen LogP) is 2.03. The number of nitrogens with one attached hydrogen (secondary N) is 2. The molecule has 0 spiro atoms. The average molecular weight is 482 g/mol. The molecule has 0 aliphatic carbocycles. The molecule has 0 saturated carbocycles. The molecule has 10 heteroatoms. The van der Waals surface area contributed by atoms with Crippen LogP contribution in [-0.4, -0.2) is 65.8 Å². The Kier molecular flexibility index (Phi) is 9.74. The van der Waals surface area contributed by atoms with Gasteiger partial charge in [-0.1, -0.05) is 25.6 Å². The van der Waals surface area contributed by atoms with Gasteiger partial charge in [0.25, 0.3) is 5.91 Å². The van der Waals surface area contributed by atoms with Gasteiger partial charge in [0.05, 0.1) is 12.2 Å². The lowest BCUT2D eigenvalue weighted by Crippen LogP contribution is -2.38. The van der Waals surface area contributed by atoms with Crippen molar-refractivity contribution in [3.63, 3.8) is 0 Å². The van der Waals surface area contributed by atoms with Crippen LogP contribution in [0.1, 0.15) is 42.5 Å². The summed E-state index contributed by atoms with van der Waals surface area (Å²) < 4.78 is 0. The number of hydrogen-bond donors (Lipinski definition) is 3. The topological polar surface area (TPSA) is 134 Å². The second kappa shape index (κ2) is 12.5. The van der Waals surface area contributed by atoms with E-state index >= 15 is 0 Å². The predicted molar refractivity (Wildman–Crippen MR) is 138 cm³/mol. The molecule has 3 amide bonds. The Morgan fingerprint density at radius 3 is 2.51 bits per heavy atom. The van der Waals surface area contributed by atoms with Crippen molar-refractivity contribution < 1.29 is 14.4 Å². The Morgan fingerprint density at radius 2 is 1.91 bits per heavy atom. The molecule has 0 fully saturated rings. The van der Waals surface area contributed by atoms with Gasteiger partial charge in [0.1, 0.15) is 0 Å². The van der Waals surface area contributed by atoms with E-state index in [1.807, 2.05) is 57.0 Å². The fourth-order valence-electron chi connectivity index (χ4n) is 3.28. The smallest absolute Gasteiger partial charge is 0.271 e. The first-order chi connectivity index (χ1) is 16.6. The molecule has 0 aliphatic heterocycles. The molecule has 0 unspecified atom stereocenters. The van der Waals surface area contributed by atoms with E-state index in [4.69, 9.17) is 10.7 Å². The normalized spacial score (nSPS) is 10.6. The van der Waals surface area contributed by atoms with Gasteiger partial charge < -0.3 is 26.2 Å². The maximum Gasteiger partial charge on any atom is 0.271 e. The van der Waals surface area contributed by atoms with Gasteiger partial charge in [0.15, 0.2) is 17.3 Å². The van der Waals surface area contributed by atoms with E-state index in [1.165, 1.54) is 11.0 Å². The minimum Gasteiger partial charge on any atom is -0.364 e. The van der Waals surface area contributed by atoms with Crippen molar-refractivity contribution in [2.75, 3.05) is 37.4 Å². The zero-order valence-corrected chi connectivity index (χ0v) is 21.1. The number of rotatable bonds is 12. The van der Waals surface area contributed by atoms with Crippen LogP contribution in [0.5, 0.6) is 0 Å². The van der Waals surface area contributed by atoms with Crippen LogP contribution in [0.3, 0.4) is 0 Å². The molecule has 2 aromatic rings. The van der Waals surface area contributed by atoms with E-state index in [0.717, 1.165) is 5.56 Å². The molecule has 188 valence electrons.